The first-order valence-corrected chi connectivity index (χ1v) is 5.92. The Morgan fingerprint density at radius 2 is 2.24 bits per heavy atom. The Morgan fingerprint density at radius 1 is 1.47 bits per heavy atom. The van der Waals surface area contributed by atoms with Gasteiger partial charge in [-0.05, 0) is 30.5 Å². The van der Waals surface area contributed by atoms with Gasteiger partial charge in [-0.15, -0.1) is 0 Å². The summed E-state index contributed by atoms with van der Waals surface area (Å²) in [4.78, 5) is 13.7. The van der Waals surface area contributed by atoms with Crippen LogP contribution in [0.4, 0.5) is 4.39 Å². The van der Waals surface area contributed by atoms with Gasteiger partial charge in [0.1, 0.15) is 5.82 Å². The first-order valence-electron chi connectivity index (χ1n) is 5.92. The summed E-state index contributed by atoms with van der Waals surface area (Å²) in [7, 11) is 0. The summed E-state index contributed by atoms with van der Waals surface area (Å²) in [6.45, 7) is 2.07. The lowest BCUT2D eigenvalue weighted by atomic mass is 10.1. The molecule has 0 aliphatic carbocycles. The number of carbonyl (C=O) groups excluding carboxylic acids is 1. The summed E-state index contributed by atoms with van der Waals surface area (Å²) >= 11 is 0. The Hall–Kier alpha value is -1.42. The van der Waals surface area contributed by atoms with E-state index in [2.05, 4.69) is 0 Å². The van der Waals surface area contributed by atoms with Crippen LogP contribution in [0.25, 0.3) is 0 Å². The van der Waals surface area contributed by atoms with E-state index in [0.29, 0.717) is 24.6 Å². The van der Waals surface area contributed by atoms with E-state index in [9.17, 15) is 9.18 Å². The lowest BCUT2D eigenvalue weighted by Crippen LogP contribution is -2.31. The second-order valence-corrected chi connectivity index (χ2v) is 4.50. The molecule has 0 aromatic heterocycles. The number of benzene rings is 1. The van der Waals surface area contributed by atoms with Gasteiger partial charge in [0.25, 0.3) is 0 Å². The van der Waals surface area contributed by atoms with Crippen LogP contribution in [0.15, 0.2) is 24.3 Å². The topological polar surface area (TPSA) is 46.3 Å². The average molecular weight is 236 g/mol. The van der Waals surface area contributed by atoms with Gasteiger partial charge in [0, 0.05) is 13.1 Å². The molecule has 0 unspecified atom stereocenters. The van der Waals surface area contributed by atoms with E-state index in [-0.39, 0.29) is 18.1 Å². The predicted octanol–water partition coefficient (Wildman–Crippen LogP) is 1.18. The van der Waals surface area contributed by atoms with Crippen molar-refractivity contribution in [1.29, 1.82) is 0 Å². The number of nitrogens with zero attached hydrogens (tertiary/aromatic N) is 1. The largest absolute Gasteiger partial charge is 0.342 e. The van der Waals surface area contributed by atoms with Crippen LogP contribution in [0.3, 0.4) is 0 Å². The molecule has 1 aliphatic rings. The smallest absolute Gasteiger partial charge is 0.227 e. The number of amides is 1. The Labute approximate surface area is 100 Å². The molecule has 3 nitrogen and oxygen atoms in total. The molecular weight excluding hydrogens is 219 g/mol. The van der Waals surface area contributed by atoms with E-state index in [1.54, 1.807) is 23.1 Å². The number of hydrogen-bond acceptors (Lipinski definition) is 2. The molecule has 92 valence electrons. The number of nitrogens with two attached hydrogens (primary N) is 1. The highest BCUT2D eigenvalue weighted by Gasteiger charge is 2.25. The zero-order valence-corrected chi connectivity index (χ0v) is 9.73. The second-order valence-electron chi connectivity index (χ2n) is 4.50. The van der Waals surface area contributed by atoms with Crippen LogP contribution in [0.2, 0.25) is 0 Å². The van der Waals surface area contributed by atoms with Gasteiger partial charge in [0.15, 0.2) is 0 Å². The number of likely N-dealkylation sites (tertiary alicyclic amines) is 1. The van der Waals surface area contributed by atoms with Crippen LogP contribution >= 0.6 is 0 Å². The van der Waals surface area contributed by atoms with Gasteiger partial charge < -0.3 is 10.6 Å². The lowest BCUT2D eigenvalue weighted by Gasteiger charge is -2.16. The second kappa shape index (κ2) is 5.27. The molecule has 1 saturated heterocycles. The van der Waals surface area contributed by atoms with Gasteiger partial charge in [-0.2, -0.15) is 0 Å². The van der Waals surface area contributed by atoms with Crippen molar-refractivity contribution in [2.75, 3.05) is 19.6 Å². The number of rotatable bonds is 3. The van der Waals surface area contributed by atoms with E-state index in [4.69, 9.17) is 5.73 Å². The van der Waals surface area contributed by atoms with Crippen LogP contribution in [-0.4, -0.2) is 30.4 Å². The maximum atomic E-state index is 13.4. The van der Waals surface area contributed by atoms with E-state index in [1.807, 2.05) is 0 Å². The van der Waals surface area contributed by atoms with Crippen LogP contribution in [-0.2, 0) is 11.2 Å². The summed E-state index contributed by atoms with van der Waals surface area (Å²) in [5, 5.41) is 0. The van der Waals surface area contributed by atoms with Crippen molar-refractivity contribution in [1.82, 2.24) is 4.90 Å². The van der Waals surface area contributed by atoms with Crippen molar-refractivity contribution >= 4 is 5.91 Å². The third-order valence-electron chi connectivity index (χ3n) is 3.27. The lowest BCUT2D eigenvalue weighted by molar-refractivity contribution is -0.129. The summed E-state index contributed by atoms with van der Waals surface area (Å²) in [5.74, 6) is 0.0843. The third kappa shape index (κ3) is 2.82. The minimum atomic E-state index is -0.310. The molecule has 2 N–H and O–H groups in total. The Bertz CT molecular complexity index is 408. The van der Waals surface area contributed by atoms with Gasteiger partial charge in [-0.1, -0.05) is 18.2 Å². The fourth-order valence-electron chi connectivity index (χ4n) is 2.17. The number of carbonyl (C=O) groups is 1. The molecule has 4 heteroatoms. The molecule has 2 rings (SSSR count). The van der Waals surface area contributed by atoms with Gasteiger partial charge in [-0.3, -0.25) is 4.79 Å². The molecule has 1 amide bonds. The van der Waals surface area contributed by atoms with Crippen LogP contribution in [0.1, 0.15) is 12.0 Å². The van der Waals surface area contributed by atoms with E-state index >= 15 is 0 Å². The standard InChI is InChI=1S/C13H17FN2O/c14-12-4-2-1-3-11(12)7-13(17)16-6-5-10(8-15)9-16/h1-4,10H,5-9,15H2/t10-/m0/s1. The zero-order valence-electron chi connectivity index (χ0n) is 9.73. The first kappa shape index (κ1) is 12.0. The number of halogens is 1. The molecule has 0 spiro atoms. The molecule has 1 aromatic rings. The summed E-state index contributed by atoms with van der Waals surface area (Å²) in [5.41, 5.74) is 6.04. The van der Waals surface area contributed by atoms with Gasteiger partial charge in [0.2, 0.25) is 5.91 Å². The van der Waals surface area contributed by atoms with Crippen LogP contribution in [0, 0.1) is 11.7 Å². The zero-order chi connectivity index (χ0) is 12.3. The van der Waals surface area contributed by atoms with Gasteiger partial charge >= 0.3 is 0 Å². The highest BCUT2D eigenvalue weighted by molar-refractivity contribution is 5.79. The van der Waals surface area contributed by atoms with Gasteiger partial charge in [0.05, 0.1) is 6.42 Å². The molecule has 1 fully saturated rings. The SMILES string of the molecule is NC[C@@H]1CCN(C(=O)Cc2ccccc2F)C1. The highest BCUT2D eigenvalue weighted by atomic mass is 19.1. The summed E-state index contributed by atoms with van der Waals surface area (Å²) < 4.78 is 13.4. The molecule has 1 heterocycles. The minimum Gasteiger partial charge on any atom is -0.342 e. The average Bonchev–Trinajstić information content (AvgIpc) is 2.81. The van der Waals surface area contributed by atoms with Crippen molar-refractivity contribution in [3.05, 3.63) is 35.6 Å². The predicted molar refractivity (Wildman–Crippen MR) is 63.8 cm³/mol. The molecule has 1 aliphatic heterocycles. The minimum absolute atomic E-state index is 0.00829. The molecule has 0 saturated carbocycles. The van der Waals surface area contributed by atoms with Crippen molar-refractivity contribution in [3.8, 4) is 0 Å². The maximum Gasteiger partial charge on any atom is 0.227 e. The summed E-state index contributed by atoms with van der Waals surface area (Å²) in [6.07, 6.45) is 1.10. The quantitative estimate of drug-likeness (QED) is 0.856. The normalized spacial score (nSPS) is 19.6. The highest BCUT2D eigenvalue weighted by Crippen LogP contribution is 2.17. The Morgan fingerprint density at radius 3 is 2.88 bits per heavy atom. The molecule has 1 aromatic carbocycles. The molecule has 17 heavy (non-hydrogen) atoms. The van der Waals surface area contributed by atoms with Crippen molar-refractivity contribution in [3.63, 3.8) is 0 Å². The Balaban J connectivity index is 1.96. The fourth-order valence-corrected chi connectivity index (χ4v) is 2.17. The van der Waals surface area contributed by atoms with E-state index < -0.39 is 0 Å². The van der Waals surface area contributed by atoms with Crippen molar-refractivity contribution in [2.24, 2.45) is 11.7 Å². The van der Waals surface area contributed by atoms with E-state index in [1.165, 1.54) is 6.07 Å². The summed E-state index contributed by atoms with van der Waals surface area (Å²) in [6, 6.07) is 6.42. The van der Waals surface area contributed by atoms with Crippen LogP contribution in [0.5, 0.6) is 0 Å². The Kier molecular flexibility index (Phi) is 3.74. The van der Waals surface area contributed by atoms with Crippen molar-refractivity contribution in [2.45, 2.75) is 12.8 Å². The first-order chi connectivity index (χ1) is 8.20. The van der Waals surface area contributed by atoms with Gasteiger partial charge in [-0.25, -0.2) is 4.39 Å². The fraction of sp³-hybridized carbons (Fsp3) is 0.462. The monoisotopic (exact) mass is 236 g/mol. The number of hydrogen-bond donors (Lipinski definition) is 1. The maximum absolute atomic E-state index is 13.4. The molecule has 0 radical (unpaired) electrons. The van der Waals surface area contributed by atoms with Crippen LogP contribution < -0.4 is 5.73 Å². The molecule has 1 atom stereocenters. The third-order valence-corrected chi connectivity index (χ3v) is 3.27. The van der Waals surface area contributed by atoms with Crippen molar-refractivity contribution < 1.29 is 9.18 Å². The molecular formula is C13H17FN2O. The van der Waals surface area contributed by atoms with E-state index in [0.717, 1.165) is 13.0 Å². The molecule has 0 bridgehead atoms.